The van der Waals surface area contributed by atoms with Crippen molar-refractivity contribution in [3.63, 3.8) is 0 Å². The summed E-state index contributed by atoms with van der Waals surface area (Å²) in [4.78, 5) is 4.02. The summed E-state index contributed by atoms with van der Waals surface area (Å²) in [6, 6.07) is 71.8. The number of tetrazole rings is 1. The minimum absolute atomic E-state index is 0. The molecule has 12 aromatic rings. The van der Waals surface area contributed by atoms with E-state index in [0.717, 1.165) is 56.4 Å². The van der Waals surface area contributed by atoms with Crippen LogP contribution in [0.25, 0.3) is 79.3 Å². The summed E-state index contributed by atoms with van der Waals surface area (Å²) < 4.78 is 52.8. The van der Waals surface area contributed by atoms with E-state index < -0.39 is 0 Å². The number of ether oxygens (including phenoxy) is 8. The van der Waals surface area contributed by atoms with Crippen molar-refractivity contribution in [2.24, 2.45) is 0 Å². The summed E-state index contributed by atoms with van der Waals surface area (Å²) in [5, 5.41) is 14.0. The topological polar surface area (TPSA) is 157 Å². The van der Waals surface area contributed by atoms with Gasteiger partial charge in [-0.1, -0.05) is 140 Å². The van der Waals surface area contributed by atoms with Gasteiger partial charge in [0.05, 0.1) is 91.2 Å². The summed E-state index contributed by atoms with van der Waals surface area (Å²) in [6.07, 6.45) is 8.80. The fourth-order valence-electron chi connectivity index (χ4n) is 9.42. The third-order valence-electron chi connectivity index (χ3n) is 13.5. The van der Waals surface area contributed by atoms with E-state index in [2.05, 4.69) is 98.9 Å². The molecule has 1 radical (unpaired) electrons. The van der Waals surface area contributed by atoms with Gasteiger partial charge in [0.1, 0.15) is 34.4 Å². The van der Waals surface area contributed by atoms with Crippen molar-refractivity contribution in [2.45, 2.75) is 0 Å². The van der Waals surface area contributed by atoms with Crippen LogP contribution >= 0.6 is 0 Å². The van der Waals surface area contributed by atoms with Gasteiger partial charge in [-0.25, -0.2) is 0 Å². The quantitative estimate of drug-likeness (QED) is 0.0627. The minimum Gasteiger partial charge on any atom is -0.558 e. The second kappa shape index (κ2) is 28.6. The van der Waals surface area contributed by atoms with Gasteiger partial charge >= 0.3 is 0 Å². The number of hydrogen-bond acceptors (Lipinski definition) is 12. The number of rotatable bonds is 17. The van der Waals surface area contributed by atoms with Crippen LogP contribution in [-0.2, 0) is 20.1 Å². The number of nitrogens with zero attached hydrogens (tertiary/aromatic N) is 9. The molecule has 0 saturated carbocycles. The van der Waals surface area contributed by atoms with Crippen LogP contribution in [0.3, 0.4) is 0 Å². The van der Waals surface area contributed by atoms with Gasteiger partial charge in [-0.15, -0.1) is 12.1 Å². The maximum atomic E-state index is 5.79. The predicted molar refractivity (Wildman–Crippen MR) is 320 cm³/mol. The van der Waals surface area contributed by atoms with Crippen molar-refractivity contribution >= 4 is 0 Å². The van der Waals surface area contributed by atoms with Crippen molar-refractivity contribution in [3.8, 4) is 125 Å². The molecule has 4 heterocycles. The largest absolute Gasteiger partial charge is 0.558 e. The van der Waals surface area contributed by atoms with Gasteiger partial charge in [0.2, 0.25) is 0 Å². The van der Waals surface area contributed by atoms with E-state index >= 15 is 0 Å². The molecule has 0 aliphatic rings. The average Bonchev–Trinajstić information content (AvgIpc) is 2.26. The van der Waals surface area contributed by atoms with Crippen LogP contribution in [0.4, 0.5) is 0 Å². The molecule has 0 N–H and O–H groups in total. The second-order valence-corrected chi connectivity index (χ2v) is 18.3. The molecule has 0 unspecified atom stereocenters. The number of hydrogen-bond donors (Lipinski definition) is 0. The van der Waals surface area contributed by atoms with E-state index in [-0.39, 0.29) is 20.1 Å². The summed E-state index contributed by atoms with van der Waals surface area (Å²) in [5.74, 6) is 5.70. The monoisotopic (exact) mass is 1320 g/mol. The molecule has 0 amide bonds. The summed E-state index contributed by atoms with van der Waals surface area (Å²) in [7, 11) is 13.1. The van der Waals surface area contributed by atoms with Gasteiger partial charge in [0.15, 0.2) is 0 Å². The molecule has 17 nitrogen and oxygen atoms in total. The van der Waals surface area contributed by atoms with Crippen molar-refractivity contribution in [1.29, 1.82) is 0 Å². The number of aromatic nitrogens is 9. The summed E-state index contributed by atoms with van der Waals surface area (Å²) in [5.41, 5.74) is 11.5. The van der Waals surface area contributed by atoms with Crippen LogP contribution in [0.5, 0.6) is 46.0 Å². The number of imidazole rings is 2. The molecule has 435 valence electrons. The van der Waals surface area contributed by atoms with E-state index in [1.807, 2.05) is 152 Å². The SMILES string of the molecule is COc1c[c-]c(-n2[c-][n+](-c3ccc(OC)cc3OC)c(-c3ccccc3)c2-c2ccccc2)c(OC)c1.COc1c[c-]c(-n2[c-][n+](-c3ccc(OC)cc3OC)c(-c3ccccc3)c2-c2ccccc2)c(OC)c1.[Ir].c1ccc(-c2nnn[n-]2)nc1. The maximum absolute atomic E-state index is 5.79. The van der Waals surface area contributed by atoms with Crippen molar-refractivity contribution in [3.05, 3.63) is 231 Å². The molecule has 0 spiro atoms. The molecule has 0 bridgehead atoms. The third-order valence-corrected chi connectivity index (χ3v) is 13.5. The first-order valence-electron chi connectivity index (χ1n) is 26.6. The molecule has 18 heteroatoms. The standard InChI is InChI=1S/2C31H27N2O4.C6H4N5.Ir/c2*1-34-24-15-17-26(28(19-24)36-3)32-21-33(27-18-16-25(35-2)20-29(27)37-4)31(23-13-9-6-10-14-23)30(32)22-11-7-5-8-12-22;1-2-4-7-5(3-1)6-8-10-11-9-6;/h2*5-17,19-20H,1-4H3;1-4H;/q3*-1;. The Morgan fingerprint density at radius 1 is 0.407 bits per heavy atom. The molecular weight excluding hydrogens is 1260 g/mol. The van der Waals surface area contributed by atoms with Crippen LogP contribution < -0.4 is 52.1 Å². The Labute approximate surface area is 512 Å². The van der Waals surface area contributed by atoms with E-state index in [0.29, 0.717) is 68.9 Å². The zero-order valence-electron chi connectivity index (χ0n) is 48.3. The Kier molecular flexibility index (Phi) is 20.0. The van der Waals surface area contributed by atoms with Crippen LogP contribution in [0.2, 0.25) is 0 Å². The Morgan fingerprint density at radius 3 is 1.14 bits per heavy atom. The molecule has 0 aliphatic heterocycles. The first-order valence-corrected chi connectivity index (χ1v) is 26.6. The molecule has 0 fully saturated rings. The van der Waals surface area contributed by atoms with Gasteiger partial charge < -0.3 is 52.1 Å². The third kappa shape index (κ3) is 13.0. The molecular formula is C68H58IrN9O8-3. The van der Waals surface area contributed by atoms with Gasteiger partial charge in [0.25, 0.3) is 12.7 Å². The van der Waals surface area contributed by atoms with Gasteiger partial charge in [0, 0.05) is 61.4 Å². The Balaban J connectivity index is 0.000000172. The summed E-state index contributed by atoms with van der Waals surface area (Å²) >= 11 is 0. The molecule has 0 aliphatic carbocycles. The van der Waals surface area contributed by atoms with Crippen LogP contribution in [0.15, 0.2) is 206 Å². The summed E-state index contributed by atoms with van der Waals surface area (Å²) in [6.45, 7) is 0. The van der Waals surface area contributed by atoms with Gasteiger partial charge in [-0.2, -0.15) is 17.3 Å². The molecule has 12 rings (SSSR count). The number of pyridine rings is 1. The van der Waals surface area contributed by atoms with Crippen molar-refractivity contribution in [1.82, 2.24) is 34.7 Å². The molecule has 4 aromatic heterocycles. The zero-order valence-corrected chi connectivity index (χ0v) is 50.6. The Bertz CT molecular complexity index is 3660. The average molecular weight is 1320 g/mol. The molecule has 0 saturated heterocycles. The van der Waals surface area contributed by atoms with Gasteiger partial charge in [-0.05, 0) is 70.0 Å². The second-order valence-electron chi connectivity index (χ2n) is 18.3. The van der Waals surface area contributed by atoms with Crippen LogP contribution in [0, 0.1) is 24.8 Å². The number of benzene rings is 8. The predicted octanol–water partition coefficient (Wildman–Crippen LogP) is 11.3. The van der Waals surface area contributed by atoms with E-state index in [1.54, 1.807) is 81.3 Å². The van der Waals surface area contributed by atoms with E-state index in [9.17, 15) is 0 Å². The van der Waals surface area contributed by atoms with Crippen molar-refractivity contribution < 1.29 is 67.1 Å². The van der Waals surface area contributed by atoms with E-state index in [1.165, 1.54) is 0 Å². The maximum Gasteiger partial charge on any atom is 0.268 e. The minimum atomic E-state index is 0. The normalized spacial score (nSPS) is 10.5. The fraction of sp³-hybridized carbons (Fsp3) is 0.118. The smallest absolute Gasteiger partial charge is 0.268 e. The van der Waals surface area contributed by atoms with Crippen LogP contribution in [-0.4, -0.2) is 86.5 Å². The zero-order chi connectivity index (χ0) is 59.1. The van der Waals surface area contributed by atoms with Crippen molar-refractivity contribution in [2.75, 3.05) is 56.9 Å². The molecule has 8 aromatic carbocycles. The number of methoxy groups -OCH3 is 8. The molecule has 86 heavy (non-hydrogen) atoms. The molecule has 0 atom stereocenters. The van der Waals surface area contributed by atoms with E-state index in [4.69, 9.17) is 37.9 Å². The first-order chi connectivity index (χ1) is 41.8. The van der Waals surface area contributed by atoms with Crippen LogP contribution in [0.1, 0.15) is 0 Å². The van der Waals surface area contributed by atoms with Gasteiger partial charge in [-0.3, -0.25) is 24.4 Å². The Hall–Kier alpha value is -10.6. The Morgan fingerprint density at radius 2 is 0.791 bits per heavy atom. The first kappa shape index (κ1) is 60.1. The fourth-order valence-corrected chi connectivity index (χ4v) is 9.42.